The van der Waals surface area contributed by atoms with E-state index < -0.39 is 5.76 Å². The Morgan fingerprint density at radius 1 is 1.40 bits per heavy atom. The van der Waals surface area contributed by atoms with Crippen LogP contribution in [0.1, 0.15) is 6.92 Å². The van der Waals surface area contributed by atoms with Gasteiger partial charge >= 0.3 is 0 Å². The van der Waals surface area contributed by atoms with Crippen LogP contribution in [0.4, 0.5) is 14.5 Å². The molecule has 1 atom stereocenters. The third kappa shape index (κ3) is 3.80. The molecule has 1 aromatic carbocycles. The van der Waals surface area contributed by atoms with Crippen molar-refractivity contribution >= 4 is 17.4 Å². The van der Waals surface area contributed by atoms with Crippen molar-refractivity contribution in [3.8, 4) is 12.3 Å². The quantitative estimate of drug-likeness (QED) is 0.624. The van der Waals surface area contributed by atoms with Gasteiger partial charge in [-0.2, -0.15) is 8.78 Å². The lowest BCUT2D eigenvalue weighted by Gasteiger charge is -2.13. The van der Waals surface area contributed by atoms with Crippen molar-refractivity contribution in [2.45, 2.75) is 23.6 Å². The van der Waals surface area contributed by atoms with Gasteiger partial charge in [-0.1, -0.05) is 29.8 Å². The number of halogens is 2. The number of hydrogen-bond acceptors (Lipinski definition) is 2. The van der Waals surface area contributed by atoms with E-state index in [4.69, 9.17) is 6.42 Å². The standard InChI is InChI=1S/C11H11F2NS/c1-3-8(2)14-9-6-4-5-7-10(9)15-11(12)13/h1,4-8,11,14H,2H3. The van der Waals surface area contributed by atoms with Crippen LogP contribution < -0.4 is 5.32 Å². The molecule has 4 heteroatoms. The molecule has 0 spiro atoms. The van der Waals surface area contributed by atoms with Crippen LogP contribution in [0, 0.1) is 12.3 Å². The fraction of sp³-hybridized carbons (Fsp3) is 0.273. The van der Waals surface area contributed by atoms with Gasteiger partial charge in [0.15, 0.2) is 0 Å². The van der Waals surface area contributed by atoms with Gasteiger partial charge in [0.2, 0.25) is 0 Å². The van der Waals surface area contributed by atoms with Crippen molar-refractivity contribution in [2.24, 2.45) is 0 Å². The SMILES string of the molecule is C#CC(C)Nc1ccccc1SC(F)F. The lowest BCUT2D eigenvalue weighted by atomic mass is 10.3. The highest BCUT2D eigenvalue weighted by molar-refractivity contribution is 7.99. The van der Waals surface area contributed by atoms with E-state index >= 15 is 0 Å². The first kappa shape index (κ1) is 11.9. The number of para-hydroxylation sites is 1. The summed E-state index contributed by atoms with van der Waals surface area (Å²) in [5, 5.41) is 2.98. The van der Waals surface area contributed by atoms with E-state index in [-0.39, 0.29) is 6.04 Å². The minimum Gasteiger partial charge on any atom is -0.371 e. The van der Waals surface area contributed by atoms with Crippen LogP contribution in [0.5, 0.6) is 0 Å². The number of anilines is 1. The molecule has 0 aliphatic rings. The van der Waals surface area contributed by atoms with Gasteiger partial charge in [0.1, 0.15) is 0 Å². The van der Waals surface area contributed by atoms with Gasteiger partial charge in [-0.15, -0.1) is 6.42 Å². The summed E-state index contributed by atoms with van der Waals surface area (Å²) in [5.74, 6) is 0.0639. The molecule has 0 saturated heterocycles. The normalized spacial score (nSPS) is 12.2. The third-order valence-electron chi connectivity index (χ3n) is 1.73. The molecule has 1 aromatic rings. The molecule has 0 aliphatic heterocycles. The van der Waals surface area contributed by atoms with Crippen LogP contribution in [-0.4, -0.2) is 11.8 Å². The van der Waals surface area contributed by atoms with Gasteiger partial charge in [-0.25, -0.2) is 0 Å². The molecular weight excluding hydrogens is 216 g/mol. The number of thioether (sulfide) groups is 1. The van der Waals surface area contributed by atoms with E-state index in [0.717, 1.165) is 0 Å². The first-order valence-corrected chi connectivity index (χ1v) is 5.28. The maximum atomic E-state index is 12.2. The van der Waals surface area contributed by atoms with E-state index in [1.54, 1.807) is 31.2 Å². The van der Waals surface area contributed by atoms with Gasteiger partial charge in [0, 0.05) is 10.6 Å². The number of terminal acetylenes is 1. The van der Waals surface area contributed by atoms with Crippen LogP contribution in [0.2, 0.25) is 0 Å². The molecule has 15 heavy (non-hydrogen) atoms. The van der Waals surface area contributed by atoms with E-state index in [9.17, 15) is 8.78 Å². The summed E-state index contributed by atoms with van der Waals surface area (Å²) >= 11 is 0.513. The summed E-state index contributed by atoms with van der Waals surface area (Å²) in [7, 11) is 0. The molecule has 1 N–H and O–H groups in total. The molecule has 0 heterocycles. The molecule has 80 valence electrons. The Hall–Kier alpha value is -1.21. The minimum atomic E-state index is -2.42. The predicted molar refractivity (Wildman–Crippen MR) is 60.2 cm³/mol. The predicted octanol–water partition coefficient (Wildman–Crippen LogP) is 3.43. The summed E-state index contributed by atoms with van der Waals surface area (Å²) in [5.41, 5.74) is 0.647. The topological polar surface area (TPSA) is 12.0 Å². The molecule has 0 bridgehead atoms. The number of rotatable bonds is 4. The average Bonchev–Trinajstić information content (AvgIpc) is 2.20. The second-order valence-electron chi connectivity index (χ2n) is 2.91. The van der Waals surface area contributed by atoms with Crippen LogP contribution in [0.3, 0.4) is 0 Å². The molecule has 1 nitrogen and oxygen atoms in total. The van der Waals surface area contributed by atoms with Crippen molar-refractivity contribution in [3.05, 3.63) is 24.3 Å². The second-order valence-corrected chi connectivity index (χ2v) is 3.94. The maximum Gasteiger partial charge on any atom is 0.288 e. The van der Waals surface area contributed by atoms with Crippen LogP contribution in [0.25, 0.3) is 0 Å². The van der Waals surface area contributed by atoms with Crippen molar-refractivity contribution in [1.82, 2.24) is 0 Å². The van der Waals surface area contributed by atoms with E-state index in [2.05, 4.69) is 11.2 Å². The van der Waals surface area contributed by atoms with Crippen LogP contribution >= 0.6 is 11.8 Å². The summed E-state index contributed by atoms with van der Waals surface area (Å²) in [4.78, 5) is 0.509. The summed E-state index contributed by atoms with van der Waals surface area (Å²) in [6.45, 7) is 1.80. The molecule has 0 amide bonds. The molecule has 1 rings (SSSR count). The first-order chi connectivity index (χ1) is 7.13. The second kappa shape index (κ2) is 5.62. The summed E-state index contributed by atoms with van der Waals surface area (Å²) < 4.78 is 24.4. The zero-order valence-electron chi connectivity index (χ0n) is 8.21. The van der Waals surface area contributed by atoms with Gasteiger partial charge in [-0.3, -0.25) is 0 Å². The lowest BCUT2D eigenvalue weighted by molar-refractivity contribution is 0.252. The highest BCUT2D eigenvalue weighted by atomic mass is 32.2. The molecule has 0 aliphatic carbocycles. The highest BCUT2D eigenvalue weighted by Crippen LogP contribution is 2.31. The average molecular weight is 227 g/mol. The third-order valence-corrected chi connectivity index (χ3v) is 2.51. The van der Waals surface area contributed by atoms with E-state index in [1.165, 1.54) is 0 Å². The van der Waals surface area contributed by atoms with E-state index in [1.807, 2.05) is 0 Å². The highest BCUT2D eigenvalue weighted by Gasteiger charge is 2.10. The zero-order chi connectivity index (χ0) is 11.3. The lowest BCUT2D eigenvalue weighted by Crippen LogP contribution is -2.12. The van der Waals surface area contributed by atoms with Crippen LogP contribution in [-0.2, 0) is 0 Å². The number of benzene rings is 1. The first-order valence-electron chi connectivity index (χ1n) is 4.40. The Morgan fingerprint density at radius 2 is 2.07 bits per heavy atom. The van der Waals surface area contributed by atoms with Gasteiger partial charge < -0.3 is 5.32 Å². The number of nitrogens with one attached hydrogen (secondary N) is 1. The summed E-state index contributed by atoms with van der Waals surface area (Å²) in [6, 6.07) is 6.70. The monoisotopic (exact) mass is 227 g/mol. The largest absolute Gasteiger partial charge is 0.371 e. The Labute approximate surface area is 92.3 Å². The maximum absolute atomic E-state index is 12.2. The Bertz CT molecular complexity index is 360. The smallest absolute Gasteiger partial charge is 0.288 e. The van der Waals surface area contributed by atoms with Gasteiger partial charge in [0.25, 0.3) is 5.76 Å². The fourth-order valence-electron chi connectivity index (χ4n) is 1.06. The molecule has 1 unspecified atom stereocenters. The minimum absolute atomic E-state index is 0.176. The van der Waals surface area contributed by atoms with Gasteiger partial charge in [0.05, 0.1) is 6.04 Å². The van der Waals surface area contributed by atoms with Crippen molar-refractivity contribution in [3.63, 3.8) is 0 Å². The fourth-order valence-corrected chi connectivity index (χ4v) is 1.66. The Balaban J connectivity index is 2.82. The van der Waals surface area contributed by atoms with Crippen molar-refractivity contribution in [2.75, 3.05) is 5.32 Å². The Kier molecular flexibility index (Phi) is 4.44. The van der Waals surface area contributed by atoms with Crippen molar-refractivity contribution < 1.29 is 8.78 Å². The number of hydrogen-bond donors (Lipinski definition) is 1. The Morgan fingerprint density at radius 3 is 2.67 bits per heavy atom. The van der Waals surface area contributed by atoms with E-state index in [0.29, 0.717) is 22.3 Å². The van der Waals surface area contributed by atoms with Crippen LogP contribution in [0.15, 0.2) is 29.2 Å². The molecule has 0 radical (unpaired) electrons. The van der Waals surface area contributed by atoms with Crippen molar-refractivity contribution in [1.29, 1.82) is 0 Å². The summed E-state index contributed by atoms with van der Waals surface area (Å²) in [6.07, 6.45) is 5.20. The molecular formula is C11H11F2NS. The van der Waals surface area contributed by atoms with Gasteiger partial charge in [-0.05, 0) is 19.1 Å². The number of alkyl halides is 2. The molecule has 0 fully saturated rings. The molecule has 0 saturated carbocycles. The molecule has 0 aromatic heterocycles. The zero-order valence-corrected chi connectivity index (χ0v) is 9.02.